The molecule has 0 saturated heterocycles. The number of rotatable bonds is 2. The first-order valence-corrected chi connectivity index (χ1v) is 8.53. The minimum Gasteiger partial charge on any atom is -0.256 e. The molecule has 1 nitrogen and oxygen atoms in total. The Morgan fingerprint density at radius 2 is 1.70 bits per heavy atom. The number of hydrogen-bond donors (Lipinski definition) is 0. The summed E-state index contributed by atoms with van der Waals surface area (Å²) in [5.41, 5.74) is 3.29. The monoisotopic (exact) mass is 321 g/mol. The van der Waals surface area contributed by atoms with E-state index in [0.29, 0.717) is 5.92 Å². The fourth-order valence-corrected chi connectivity index (χ4v) is 4.17. The molecule has 0 N–H and O–H groups in total. The van der Waals surface area contributed by atoms with Gasteiger partial charge in [-0.2, -0.15) is 0 Å². The van der Waals surface area contributed by atoms with Gasteiger partial charge in [-0.05, 0) is 29.7 Å². The SMILES string of the molecule is CC(C)c1ccnc(-c2cccc3c2sc2c(F)cccc23)c1. The van der Waals surface area contributed by atoms with Gasteiger partial charge in [-0.1, -0.05) is 44.2 Å². The number of benzene rings is 2. The molecule has 0 aliphatic rings. The van der Waals surface area contributed by atoms with Crippen molar-refractivity contribution in [3.05, 3.63) is 66.1 Å². The van der Waals surface area contributed by atoms with E-state index in [-0.39, 0.29) is 5.82 Å². The number of fused-ring (bicyclic) bond motifs is 3. The minimum absolute atomic E-state index is 0.154. The van der Waals surface area contributed by atoms with Gasteiger partial charge >= 0.3 is 0 Å². The average Bonchev–Trinajstić information content (AvgIpc) is 2.95. The quantitative estimate of drug-likeness (QED) is 0.417. The lowest BCUT2D eigenvalue weighted by Crippen LogP contribution is -1.90. The van der Waals surface area contributed by atoms with Crippen LogP contribution in [0.5, 0.6) is 0 Å². The maximum absolute atomic E-state index is 14.1. The molecule has 0 atom stereocenters. The molecule has 2 aromatic heterocycles. The first kappa shape index (κ1) is 14.3. The van der Waals surface area contributed by atoms with E-state index in [1.165, 1.54) is 23.0 Å². The van der Waals surface area contributed by atoms with Crippen LogP contribution in [0, 0.1) is 5.82 Å². The van der Waals surface area contributed by atoms with E-state index >= 15 is 0 Å². The van der Waals surface area contributed by atoms with Gasteiger partial charge in [0.2, 0.25) is 0 Å². The fourth-order valence-electron chi connectivity index (χ4n) is 2.94. The van der Waals surface area contributed by atoms with Crippen LogP contribution in [-0.4, -0.2) is 4.98 Å². The Balaban J connectivity index is 2.03. The first-order valence-electron chi connectivity index (χ1n) is 7.71. The largest absolute Gasteiger partial charge is 0.256 e. The summed E-state index contributed by atoms with van der Waals surface area (Å²) in [4.78, 5) is 4.55. The van der Waals surface area contributed by atoms with Crippen molar-refractivity contribution in [3.63, 3.8) is 0 Å². The van der Waals surface area contributed by atoms with Crippen molar-refractivity contribution in [1.29, 1.82) is 0 Å². The van der Waals surface area contributed by atoms with Gasteiger partial charge in [0.05, 0.1) is 10.4 Å². The molecule has 0 amide bonds. The summed E-state index contributed by atoms with van der Waals surface area (Å²) in [7, 11) is 0. The fraction of sp³-hybridized carbons (Fsp3) is 0.150. The molecule has 2 heterocycles. The van der Waals surface area contributed by atoms with Gasteiger partial charge < -0.3 is 0 Å². The lowest BCUT2D eigenvalue weighted by atomic mass is 10.0. The van der Waals surface area contributed by atoms with Gasteiger partial charge in [0.1, 0.15) is 5.82 Å². The zero-order chi connectivity index (χ0) is 16.0. The lowest BCUT2D eigenvalue weighted by Gasteiger charge is -2.08. The van der Waals surface area contributed by atoms with E-state index < -0.39 is 0 Å². The van der Waals surface area contributed by atoms with Crippen LogP contribution in [0.3, 0.4) is 0 Å². The highest BCUT2D eigenvalue weighted by Gasteiger charge is 2.13. The second-order valence-corrected chi connectivity index (χ2v) is 7.05. The second kappa shape index (κ2) is 5.43. The summed E-state index contributed by atoms with van der Waals surface area (Å²) in [6, 6.07) is 15.6. The zero-order valence-electron chi connectivity index (χ0n) is 13.0. The summed E-state index contributed by atoms with van der Waals surface area (Å²) in [6.07, 6.45) is 1.86. The van der Waals surface area contributed by atoms with Gasteiger partial charge in [-0.25, -0.2) is 4.39 Å². The van der Waals surface area contributed by atoms with Gasteiger partial charge in [-0.3, -0.25) is 4.98 Å². The third kappa shape index (κ3) is 2.32. The summed E-state index contributed by atoms with van der Waals surface area (Å²) in [6.45, 7) is 4.35. The number of aromatic nitrogens is 1. The number of nitrogens with zero attached hydrogens (tertiary/aromatic N) is 1. The molecule has 23 heavy (non-hydrogen) atoms. The average molecular weight is 321 g/mol. The number of hydrogen-bond acceptors (Lipinski definition) is 2. The maximum atomic E-state index is 14.1. The minimum atomic E-state index is -0.154. The Bertz CT molecular complexity index is 1020. The topological polar surface area (TPSA) is 12.9 Å². The van der Waals surface area contributed by atoms with E-state index in [1.807, 2.05) is 18.3 Å². The highest BCUT2D eigenvalue weighted by Crippen LogP contribution is 2.40. The van der Waals surface area contributed by atoms with Crippen molar-refractivity contribution in [1.82, 2.24) is 4.98 Å². The number of halogens is 1. The maximum Gasteiger partial charge on any atom is 0.141 e. The molecule has 3 heteroatoms. The van der Waals surface area contributed by atoms with Crippen molar-refractivity contribution in [2.45, 2.75) is 19.8 Å². The van der Waals surface area contributed by atoms with Crippen molar-refractivity contribution < 1.29 is 4.39 Å². The Hall–Kier alpha value is -2.26. The summed E-state index contributed by atoms with van der Waals surface area (Å²) in [5.74, 6) is 0.300. The van der Waals surface area contributed by atoms with Crippen LogP contribution in [0.25, 0.3) is 31.4 Å². The van der Waals surface area contributed by atoms with Gasteiger partial charge in [0.15, 0.2) is 0 Å². The van der Waals surface area contributed by atoms with Gasteiger partial charge in [0.25, 0.3) is 0 Å². The van der Waals surface area contributed by atoms with Crippen LogP contribution in [0.1, 0.15) is 25.3 Å². The first-order chi connectivity index (χ1) is 11.1. The van der Waals surface area contributed by atoms with Crippen LogP contribution >= 0.6 is 11.3 Å². The molecule has 114 valence electrons. The predicted octanol–water partition coefficient (Wildman–Crippen LogP) is 6.38. The molecule has 0 spiro atoms. The van der Waals surface area contributed by atoms with Crippen molar-refractivity contribution in [3.8, 4) is 11.3 Å². The van der Waals surface area contributed by atoms with Crippen LogP contribution in [0.2, 0.25) is 0 Å². The second-order valence-electron chi connectivity index (χ2n) is 6.03. The van der Waals surface area contributed by atoms with E-state index in [1.54, 1.807) is 6.07 Å². The van der Waals surface area contributed by atoms with E-state index in [2.05, 4.69) is 43.1 Å². The van der Waals surface area contributed by atoms with Crippen molar-refractivity contribution in [2.24, 2.45) is 0 Å². The van der Waals surface area contributed by atoms with E-state index in [0.717, 1.165) is 31.4 Å². The normalized spacial score (nSPS) is 11.7. The zero-order valence-corrected chi connectivity index (χ0v) is 13.8. The summed E-state index contributed by atoms with van der Waals surface area (Å²) < 4.78 is 15.9. The van der Waals surface area contributed by atoms with Crippen molar-refractivity contribution in [2.75, 3.05) is 0 Å². The highest BCUT2D eigenvalue weighted by atomic mass is 32.1. The Kier molecular flexibility index (Phi) is 3.38. The molecule has 0 radical (unpaired) electrons. The van der Waals surface area contributed by atoms with Gasteiger partial charge in [-0.15, -0.1) is 11.3 Å². The molecule has 2 aromatic carbocycles. The third-order valence-electron chi connectivity index (χ3n) is 4.20. The van der Waals surface area contributed by atoms with Crippen LogP contribution < -0.4 is 0 Å². The molecule has 0 saturated carbocycles. The summed E-state index contributed by atoms with van der Waals surface area (Å²) >= 11 is 1.51. The number of pyridine rings is 1. The lowest BCUT2D eigenvalue weighted by molar-refractivity contribution is 0.642. The molecule has 0 bridgehead atoms. The molecular weight excluding hydrogens is 305 g/mol. The molecular formula is C20H16FNS. The standard InChI is InChI=1S/C20H16FNS/c1-12(2)13-9-10-22-18(11-13)16-7-3-5-14-15-6-4-8-17(21)20(15)23-19(14)16/h3-12H,1-2H3. The van der Waals surface area contributed by atoms with Crippen LogP contribution in [0.15, 0.2) is 54.7 Å². The van der Waals surface area contributed by atoms with E-state index in [4.69, 9.17) is 0 Å². The molecule has 0 aliphatic heterocycles. The third-order valence-corrected chi connectivity index (χ3v) is 5.47. The van der Waals surface area contributed by atoms with Crippen LogP contribution in [0.4, 0.5) is 4.39 Å². The molecule has 0 aliphatic carbocycles. The molecule has 0 fully saturated rings. The number of thiophene rings is 1. The predicted molar refractivity (Wildman–Crippen MR) is 96.6 cm³/mol. The smallest absolute Gasteiger partial charge is 0.141 e. The Labute approximate surface area is 138 Å². The van der Waals surface area contributed by atoms with Crippen molar-refractivity contribution >= 4 is 31.5 Å². The van der Waals surface area contributed by atoms with E-state index in [9.17, 15) is 4.39 Å². The Morgan fingerprint density at radius 3 is 2.48 bits per heavy atom. The van der Waals surface area contributed by atoms with Crippen LogP contribution in [-0.2, 0) is 0 Å². The molecule has 0 unspecified atom stereocenters. The van der Waals surface area contributed by atoms with Gasteiger partial charge in [0, 0.05) is 27.2 Å². The Morgan fingerprint density at radius 1 is 0.957 bits per heavy atom. The summed E-state index contributed by atoms with van der Waals surface area (Å²) in [5, 5.41) is 2.07. The highest BCUT2D eigenvalue weighted by molar-refractivity contribution is 7.26. The molecule has 4 rings (SSSR count). The molecule has 4 aromatic rings.